The van der Waals surface area contributed by atoms with Crippen LogP contribution in [0.4, 0.5) is 4.39 Å². The molecule has 0 spiro atoms. The van der Waals surface area contributed by atoms with Gasteiger partial charge in [-0.2, -0.15) is 0 Å². The summed E-state index contributed by atoms with van der Waals surface area (Å²) in [5, 5.41) is 2.95. The minimum Gasteiger partial charge on any atom is -0.494 e. The quantitative estimate of drug-likeness (QED) is 0.877. The Kier molecular flexibility index (Phi) is 3.61. The van der Waals surface area contributed by atoms with Crippen molar-refractivity contribution in [2.24, 2.45) is 0 Å². The maximum atomic E-state index is 13.2. The highest BCUT2D eigenvalue weighted by Gasteiger charge is 2.18. The van der Waals surface area contributed by atoms with Crippen molar-refractivity contribution in [1.82, 2.24) is 5.32 Å². The number of hydrogen-bond acceptors (Lipinski definition) is 2. The molecular formula is C13H16FNO2. The number of carbonyl (C=O) groups is 1. The summed E-state index contributed by atoms with van der Waals surface area (Å²) in [7, 11) is 1.39. The van der Waals surface area contributed by atoms with E-state index in [1.54, 1.807) is 0 Å². The summed E-state index contributed by atoms with van der Waals surface area (Å²) >= 11 is 0. The Labute approximate surface area is 100.0 Å². The molecule has 0 radical (unpaired) electrons. The summed E-state index contributed by atoms with van der Waals surface area (Å²) in [6.45, 7) is 0. The molecule has 1 aromatic carbocycles. The van der Waals surface area contributed by atoms with Crippen molar-refractivity contribution in [3.05, 3.63) is 29.6 Å². The second-order valence-electron chi connectivity index (χ2n) is 4.30. The van der Waals surface area contributed by atoms with Crippen LogP contribution in [-0.4, -0.2) is 19.1 Å². The third-order valence-corrected chi connectivity index (χ3v) is 3.10. The van der Waals surface area contributed by atoms with Crippen LogP contribution < -0.4 is 10.1 Å². The van der Waals surface area contributed by atoms with Gasteiger partial charge in [-0.05, 0) is 31.0 Å². The van der Waals surface area contributed by atoms with Gasteiger partial charge in [0.2, 0.25) is 0 Å². The van der Waals surface area contributed by atoms with E-state index >= 15 is 0 Å². The fraction of sp³-hybridized carbons (Fsp3) is 0.462. The Balaban J connectivity index is 2.07. The number of hydrogen-bond donors (Lipinski definition) is 1. The number of ether oxygens (including phenoxy) is 1. The van der Waals surface area contributed by atoms with Gasteiger partial charge in [0.05, 0.1) is 7.11 Å². The fourth-order valence-corrected chi connectivity index (χ4v) is 2.14. The summed E-state index contributed by atoms with van der Waals surface area (Å²) in [6, 6.07) is 4.42. The summed E-state index contributed by atoms with van der Waals surface area (Å²) in [5.41, 5.74) is 0.440. The molecule has 1 aliphatic rings. The number of carbonyl (C=O) groups excluding carboxylic acids is 1. The number of nitrogens with one attached hydrogen (secondary N) is 1. The summed E-state index contributed by atoms with van der Waals surface area (Å²) < 4.78 is 18.0. The largest absolute Gasteiger partial charge is 0.494 e. The molecule has 0 heterocycles. The maximum Gasteiger partial charge on any atom is 0.251 e. The van der Waals surface area contributed by atoms with Crippen molar-refractivity contribution >= 4 is 5.91 Å². The van der Waals surface area contributed by atoms with Gasteiger partial charge in [-0.15, -0.1) is 0 Å². The fourth-order valence-electron chi connectivity index (χ4n) is 2.14. The average molecular weight is 237 g/mol. The smallest absolute Gasteiger partial charge is 0.251 e. The van der Waals surface area contributed by atoms with E-state index in [0.29, 0.717) is 5.56 Å². The van der Waals surface area contributed by atoms with Crippen LogP contribution in [0.25, 0.3) is 0 Å². The zero-order chi connectivity index (χ0) is 12.3. The van der Waals surface area contributed by atoms with Crippen molar-refractivity contribution in [3.63, 3.8) is 0 Å². The molecule has 4 heteroatoms. The first kappa shape index (κ1) is 11.9. The summed E-state index contributed by atoms with van der Waals surface area (Å²) in [4.78, 5) is 11.9. The van der Waals surface area contributed by atoms with E-state index in [4.69, 9.17) is 4.74 Å². The van der Waals surface area contributed by atoms with Crippen molar-refractivity contribution in [2.45, 2.75) is 31.7 Å². The lowest BCUT2D eigenvalue weighted by Crippen LogP contribution is -2.32. The first-order valence-corrected chi connectivity index (χ1v) is 5.85. The van der Waals surface area contributed by atoms with Crippen molar-refractivity contribution < 1.29 is 13.9 Å². The van der Waals surface area contributed by atoms with Crippen LogP contribution in [0.15, 0.2) is 18.2 Å². The van der Waals surface area contributed by atoms with E-state index in [0.717, 1.165) is 25.7 Å². The maximum absolute atomic E-state index is 13.2. The third-order valence-electron chi connectivity index (χ3n) is 3.10. The number of methoxy groups -OCH3 is 1. The standard InChI is InChI=1S/C13H16FNO2/c1-17-12-8-9(6-7-11(12)14)13(16)15-10-4-2-3-5-10/h6-8,10H,2-5H2,1H3,(H,15,16). The van der Waals surface area contributed by atoms with Crippen LogP contribution in [0, 0.1) is 5.82 Å². The van der Waals surface area contributed by atoms with Gasteiger partial charge in [-0.1, -0.05) is 12.8 Å². The lowest BCUT2D eigenvalue weighted by atomic mass is 10.1. The SMILES string of the molecule is COc1cc(C(=O)NC2CCCC2)ccc1F. The van der Waals surface area contributed by atoms with Crippen LogP contribution in [0.2, 0.25) is 0 Å². The summed E-state index contributed by atoms with van der Waals surface area (Å²) in [5.74, 6) is -0.510. The molecule has 1 aliphatic carbocycles. The van der Waals surface area contributed by atoms with Gasteiger partial charge in [0.15, 0.2) is 11.6 Å². The Hall–Kier alpha value is -1.58. The predicted molar refractivity (Wildman–Crippen MR) is 62.7 cm³/mol. The minimum absolute atomic E-state index is 0.101. The molecule has 3 nitrogen and oxygen atoms in total. The van der Waals surface area contributed by atoms with E-state index in [9.17, 15) is 9.18 Å². The molecule has 1 N–H and O–H groups in total. The molecule has 0 aromatic heterocycles. The number of rotatable bonds is 3. The van der Waals surface area contributed by atoms with Crippen molar-refractivity contribution in [3.8, 4) is 5.75 Å². The second kappa shape index (κ2) is 5.17. The molecule has 2 rings (SSSR count). The number of amides is 1. The van der Waals surface area contributed by atoms with Gasteiger partial charge >= 0.3 is 0 Å². The van der Waals surface area contributed by atoms with Gasteiger partial charge in [0, 0.05) is 11.6 Å². The highest BCUT2D eigenvalue weighted by molar-refractivity contribution is 5.94. The molecule has 1 fully saturated rings. The first-order valence-electron chi connectivity index (χ1n) is 5.85. The monoisotopic (exact) mass is 237 g/mol. The Morgan fingerprint density at radius 3 is 2.76 bits per heavy atom. The Bertz CT molecular complexity index is 414. The summed E-state index contributed by atoms with van der Waals surface area (Å²) in [6.07, 6.45) is 4.39. The van der Waals surface area contributed by atoms with E-state index in [-0.39, 0.29) is 17.7 Å². The van der Waals surface area contributed by atoms with Crippen LogP contribution in [-0.2, 0) is 0 Å². The van der Waals surface area contributed by atoms with Crippen LogP contribution in [0.5, 0.6) is 5.75 Å². The molecule has 1 amide bonds. The molecule has 0 aliphatic heterocycles. The molecule has 0 unspecified atom stereocenters. The second-order valence-corrected chi connectivity index (χ2v) is 4.30. The highest BCUT2D eigenvalue weighted by Crippen LogP contribution is 2.20. The molecule has 17 heavy (non-hydrogen) atoms. The van der Waals surface area contributed by atoms with E-state index in [2.05, 4.69) is 5.32 Å². The van der Waals surface area contributed by atoms with Crippen LogP contribution in [0.3, 0.4) is 0 Å². The Morgan fingerprint density at radius 2 is 2.12 bits per heavy atom. The topological polar surface area (TPSA) is 38.3 Å². The lowest BCUT2D eigenvalue weighted by Gasteiger charge is -2.12. The van der Waals surface area contributed by atoms with Gasteiger partial charge < -0.3 is 10.1 Å². The van der Waals surface area contributed by atoms with Crippen molar-refractivity contribution in [1.29, 1.82) is 0 Å². The van der Waals surface area contributed by atoms with E-state index in [1.807, 2.05) is 0 Å². The molecule has 1 aromatic rings. The molecule has 1 saturated carbocycles. The Morgan fingerprint density at radius 1 is 1.41 bits per heavy atom. The van der Waals surface area contributed by atoms with Crippen LogP contribution in [0.1, 0.15) is 36.0 Å². The van der Waals surface area contributed by atoms with E-state index in [1.165, 1.54) is 25.3 Å². The lowest BCUT2D eigenvalue weighted by molar-refractivity contribution is 0.0937. The molecular weight excluding hydrogens is 221 g/mol. The minimum atomic E-state index is -0.454. The molecule has 0 atom stereocenters. The van der Waals surface area contributed by atoms with Crippen molar-refractivity contribution in [2.75, 3.05) is 7.11 Å². The average Bonchev–Trinajstić information content (AvgIpc) is 2.82. The van der Waals surface area contributed by atoms with Gasteiger partial charge in [0.25, 0.3) is 5.91 Å². The third kappa shape index (κ3) is 2.75. The van der Waals surface area contributed by atoms with Gasteiger partial charge in [-0.25, -0.2) is 4.39 Å². The molecule has 0 bridgehead atoms. The van der Waals surface area contributed by atoms with Crippen LogP contribution >= 0.6 is 0 Å². The number of benzene rings is 1. The van der Waals surface area contributed by atoms with Gasteiger partial charge in [-0.3, -0.25) is 4.79 Å². The normalized spacial score (nSPS) is 15.9. The highest BCUT2D eigenvalue weighted by atomic mass is 19.1. The zero-order valence-corrected chi connectivity index (χ0v) is 9.83. The first-order chi connectivity index (χ1) is 8.20. The van der Waals surface area contributed by atoms with E-state index < -0.39 is 5.82 Å². The van der Waals surface area contributed by atoms with Gasteiger partial charge in [0.1, 0.15) is 0 Å². The molecule has 92 valence electrons. The predicted octanol–water partition coefficient (Wildman–Crippen LogP) is 2.51. The molecule has 0 saturated heterocycles. The zero-order valence-electron chi connectivity index (χ0n) is 9.83. The number of halogens is 1.